The molecular formula is C16H19N3O3S2. The molecule has 8 heteroatoms. The van der Waals surface area contributed by atoms with E-state index in [0.717, 1.165) is 17.7 Å². The number of sulfonamides is 1. The second-order valence-corrected chi connectivity index (χ2v) is 8.69. The Morgan fingerprint density at radius 2 is 1.96 bits per heavy atom. The molecule has 1 aromatic heterocycles. The second kappa shape index (κ2) is 6.92. The zero-order valence-corrected chi connectivity index (χ0v) is 14.9. The van der Waals surface area contributed by atoms with Gasteiger partial charge >= 0.3 is 6.03 Å². The third-order valence-electron chi connectivity index (χ3n) is 3.85. The van der Waals surface area contributed by atoms with E-state index in [1.165, 1.54) is 16.4 Å². The van der Waals surface area contributed by atoms with Crippen LogP contribution in [0.15, 0.2) is 46.7 Å². The number of hydrogen-bond donors (Lipinski definition) is 2. The number of nitrogens with zero attached hydrogens (tertiary/aromatic N) is 1. The van der Waals surface area contributed by atoms with E-state index in [-0.39, 0.29) is 17.0 Å². The van der Waals surface area contributed by atoms with Crippen LogP contribution >= 0.6 is 11.3 Å². The normalized spacial score (nSPS) is 14.6. The van der Waals surface area contributed by atoms with Crippen molar-refractivity contribution in [2.45, 2.75) is 30.3 Å². The first kappa shape index (κ1) is 16.9. The number of thiophene rings is 1. The van der Waals surface area contributed by atoms with Gasteiger partial charge in [0.15, 0.2) is 0 Å². The van der Waals surface area contributed by atoms with E-state index in [0.29, 0.717) is 12.2 Å². The minimum Gasteiger partial charge on any atom is -0.333 e. The molecule has 3 rings (SSSR count). The summed E-state index contributed by atoms with van der Waals surface area (Å²) in [4.78, 5) is 13.2. The number of urea groups is 1. The molecule has 24 heavy (non-hydrogen) atoms. The zero-order valence-electron chi connectivity index (χ0n) is 13.2. The monoisotopic (exact) mass is 365 g/mol. The zero-order chi connectivity index (χ0) is 17.2. The molecular weight excluding hydrogens is 346 g/mol. The first-order valence-corrected chi connectivity index (χ1v) is 9.94. The van der Waals surface area contributed by atoms with Crippen molar-refractivity contribution < 1.29 is 13.2 Å². The average Bonchev–Trinajstić information content (AvgIpc) is 3.28. The van der Waals surface area contributed by atoms with Gasteiger partial charge in [0.05, 0.1) is 11.4 Å². The summed E-state index contributed by atoms with van der Waals surface area (Å²) in [5.41, 5.74) is 0.548. The van der Waals surface area contributed by atoms with E-state index >= 15 is 0 Å². The molecule has 1 fully saturated rings. The van der Waals surface area contributed by atoms with Crippen molar-refractivity contribution in [3.63, 3.8) is 0 Å². The quantitative estimate of drug-likeness (QED) is 0.826. The molecule has 0 atom stereocenters. The van der Waals surface area contributed by atoms with Gasteiger partial charge in [0, 0.05) is 23.7 Å². The first-order valence-electron chi connectivity index (χ1n) is 7.62. The molecule has 0 saturated heterocycles. The maximum atomic E-state index is 12.4. The molecule has 1 aliphatic carbocycles. The topological polar surface area (TPSA) is 78.5 Å². The van der Waals surface area contributed by atoms with E-state index in [2.05, 4.69) is 10.6 Å². The fraction of sp³-hybridized carbons (Fsp3) is 0.312. The molecule has 2 amide bonds. The number of carbonyl (C=O) groups is 1. The van der Waals surface area contributed by atoms with Crippen molar-refractivity contribution in [1.82, 2.24) is 9.62 Å². The van der Waals surface area contributed by atoms with Crippen LogP contribution in [-0.2, 0) is 16.6 Å². The Kier molecular flexibility index (Phi) is 4.88. The van der Waals surface area contributed by atoms with Crippen LogP contribution in [-0.4, -0.2) is 31.8 Å². The number of rotatable bonds is 6. The Morgan fingerprint density at radius 3 is 2.54 bits per heavy atom. The van der Waals surface area contributed by atoms with Crippen LogP contribution < -0.4 is 10.6 Å². The SMILES string of the molecule is CN(C1CC1)S(=O)(=O)c1ccc(NC(=O)NCc2cccs2)cc1. The van der Waals surface area contributed by atoms with Gasteiger partial charge < -0.3 is 10.6 Å². The largest absolute Gasteiger partial charge is 0.333 e. The summed E-state index contributed by atoms with van der Waals surface area (Å²) in [7, 11) is -1.85. The van der Waals surface area contributed by atoms with Gasteiger partial charge in [-0.05, 0) is 48.6 Å². The number of carbonyl (C=O) groups excluding carboxylic acids is 1. The van der Waals surface area contributed by atoms with Crippen molar-refractivity contribution in [3.8, 4) is 0 Å². The van der Waals surface area contributed by atoms with Gasteiger partial charge in [-0.1, -0.05) is 6.07 Å². The van der Waals surface area contributed by atoms with Crippen molar-refractivity contribution >= 4 is 33.1 Å². The Balaban J connectivity index is 1.58. The third-order valence-corrected chi connectivity index (χ3v) is 6.65. The van der Waals surface area contributed by atoms with Gasteiger partial charge in [0.25, 0.3) is 0 Å². The highest BCUT2D eigenvalue weighted by molar-refractivity contribution is 7.89. The standard InChI is InChI=1S/C16H19N3O3S2/c1-19(13-6-7-13)24(21,22)15-8-4-12(5-9-15)18-16(20)17-11-14-3-2-10-23-14/h2-5,8-10,13H,6-7,11H2,1H3,(H2,17,18,20). The van der Waals surface area contributed by atoms with Crippen LogP contribution in [0.5, 0.6) is 0 Å². The van der Waals surface area contributed by atoms with Gasteiger partial charge in [-0.25, -0.2) is 13.2 Å². The number of amides is 2. The molecule has 2 aromatic rings. The lowest BCUT2D eigenvalue weighted by molar-refractivity contribution is 0.252. The van der Waals surface area contributed by atoms with Gasteiger partial charge in [-0.3, -0.25) is 0 Å². The van der Waals surface area contributed by atoms with Crippen molar-refractivity contribution in [1.29, 1.82) is 0 Å². The van der Waals surface area contributed by atoms with Crippen LogP contribution in [0.25, 0.3) is 0 Å². The lowest BCUT2D eigenvalue weighted by atomic mass is 10.3. The maximum Gasteiger partial charge on any atom is 0.319 e. The first-order chi connectivity index (χ1) is 11.5. The van der Waals surface area contributed by atoms with Gasteiger partial charge in [0.2, 0.25) is 10.0 Å². The summed E-state index contributed by atoms with van der Waals surface area (Å²) < 4.78 is 26.2. The molecule has 1 aliphatic rings. The molecule has 128 valence electrons. The van der Waals surface area contributed by atoms with Crippen LogP contribution in [0, 0.1) is 0 Å². The van der Waals surface area contributed by atoms with Gasteiger partial charge in [0.1, 0.15) is 0 Å². The number of hydrogen-bond acceptors (Lipinski definition) is 4. The summed E-state index contributed by atoms with van der Waals surface area (Å²) in [6, 6.07) is 9.89. The molecule has 1 saturated carbocycles. The second-order valence-electron chi connectivity index (χ2n) is 5.66. The molecule has 2 N–H and O–H groups in total. The molecule has 1 aromatic carbocycles. The minimum absolute atomic E-state index is 0.121. The predicted molar refractivity (Wildman–Crippen MR) is 94.6 cm³/mol. The van der Waals surface area contributed by atoms with Crippen molar-refractivity contribution in [3.05, 3.63) is 46.7 Å². The Bertz CT molecular complexity index is 798. The summed E-state index contributed by atoms with van der Waals surface area (Å²) in [6.45, 7) is 0.460. The van der Waals surface area contributed by atoms with Crippen LogP contribution in [0.4, 0.5) is 10.5 Å². The van der Waals surface area contributed by atoms with Crippen LogP contribution in [0.1, 0.15) is 17.7 Å². The van der Waals surface area contributed by atoms with Crippen LogP contribution in [0.3, 0.4) is 0 Å². The third kappa shape index (κ3) is 3.95. The fourth-order valence-electron chi connectivity index (χ4n) is 2.27. The number of nitrogens with one attached hydrogen (secondary N) is 2. The summed E-state index contributed by atoms with van der Waals surface area (Å²) in [6.07, 6.45) is 1.83. The van der Waals surface area contributed by atoms with E-state index in [1.807, 2.05) is 17.5 Å². The maximum absolute atomic E-state index is 12.4. The molecule has 0 radical (unpaired) electrons. The van der Waals surface area contributed by atoms with Gasteiger partial charge in [-0.15, -0.1) is 11.3 Å². The highest BCUT2D eigenvalue weighted by Gasteiger charge is 2.34. The van der Waals surface area contributed by atoms with Gasteiger partial charge in [-0.2, -0.15) is 4.31 Å². The lowest BCUT2D eigenvalue weighted by Crippen LogP contribution is -2.29. The Morgan fingerprint density at radius 1 is 1.25 bits per heavy atom. The average molecular weight is 365 g/mol. The molecule has 6 nitrogen and oxygen atoms in total. The van der Waals surface area contributed by atoms with E-state index in [1.54, 1.807) is 30.5 Å². The fourth-order valence-corrected chi connectivity index (χ4v) is 4.33. The molecule has 0 unspecified atom stereocenters. The molecule has 1 heterocycles. The lowest BCUT2D eigenvalue weighted by Gasteiger charge is -2.16. The van der Waals surface area contributed by atoms with E-state index in [4.69, 9.17) is 0 Å². The van der Waals surface area contributed by atoms with E-state index in [9.17, 15) is 13.2 Å². The van der Waals surface area contributed by atoms with Crippen LogP contribution in [0.2, 0.25) is 0 Å². The summed E-state index contributed by atoms with van der Waals surface area (Å²) in [5.74, 6) is 0. The predicted octanol–water partition coefficient (Wildman–Crippen LogP) is 2.85. The smallest absolute Gasteiger partial charge is 0.319 e. The molecule has 0 bridgehead atoms. The summed E-state index contributed by atoms with van der Waals surface area (Å²) >= 11 is 1.57. The number of anilines is 1. The number of benzene rings is 1. The highest BCUT2D eigenvalue weighted by Crippen LogP contribution is 2.30. The van der Waals surface area contributed by atoms with Crippen molar-refractivity contribution in [2.24, 2.45) is 0 Å². The minimum atomic E-state index is -3.45. The van der Waals surface area contributed by atoms with E-state index < -0.39 is 10.0 Å². The molecule has 0 spiro atoms. The Hall–Kier alpha value is -1.90. The highest BCUT2D eigenvalue weighted by atomic mass is 32.2. The van der Waals surface area contributed by atoms with Crippen molar-refractivity contribution in [2.75, 3.05) is 12.4 Å². The molecule has 0 aliphatic heterocycles. The Labute approximate surface area is 145 Å². The summed E-state index contributed by atoms with van der Waals surface area (Å²) in [5, 5.41) is 7.40.